The minimum atomic E-state index is -0.826. The highest BCUT2D eigenvalue weighted by molar-refractivity contribution is 5.97. The first-order valence-corrected chi connectivity index (χ1v) is 9.04. The van der Waals surface area contributed by atoms with Crippen molar-refractivity contribution in [3.05, 3.63) is 35.4 Å². The van der Waals surface area contributed by atoms with Crippen LogP contribution in [0.4, 0.5) is 0 Å². The van der Waals surface area contributed by atoms with Crippen molar-refractivity contribution in [2.24, 2.45) is 11.8 Å². The van der Waals surface area contributed by atoms with Crippen molar-refractivity contribution in [2.45, 2.75) is 18.5 Å². The Morgan fingerprint density at radius 3 is 2.78 bits per heavy atom. The normalized spacial score (nSPS) is 24.9. The molecule has 1 aromatic carbocycles. The molecule has 1 saturated carbocycles. The van der Waals surface area contributed by atoms with Gasteiger partial charge in [0.2, 0.25) is 0 Å². The number of carbonyl (C=O) groups excluding carboxylic acids is 2. The Balaban J connectivity index is 1.62. The van der Waals surface area contributed by atoms with E-state index >= 15 is 0 Å². The number of morpholine rings is 1. The smallest absolute Gasteiger partial charge is 0.330 e. The molecule has 2 fully saturated rings. The summed E-state index contributed by atoms with van der Waals surface area (Å²) in [6.45, 7) is 1.69. The number of amides is 1. The molecule has 7 heteroatoms. The molecule has 1 aromatic rings. The molecule has 144 valence electrons. The second kappa shape index (κ2) is 9.00. The lowest BCUT2D eigenvalue weighted by Gasteiger charge is -2.30. The lowest BCUT2D eigenvalue weighted by molar-refractivity contribution is -0.144. The highest BCUT2D eigenvalue weighted by atomic mass is 16.5. The van der Waals surface area contributed by atoms with E-state index in [1.165, 1.54) is 7.11 Å². The van der Waals surface area contributed by atoms with Gasteiger partial charge < -0.3 is 25.2 Å². The molecule has 3 N–H and O–H groups in total. The SMILES string of the molecule is COC(=O)C(NC(=O)c1ccc(C#CC2CC2CO)cc1)C1COCCN1. The zero-order chi connectivity index (χ0) is 19.2. The number of hydrogen-bond donors (Lipinski definition) is 3. The summed E-state index contributed by atoms with van der Waals surface area (Å²) in [5, 5.41) is 14.9. The maximum atomic E-state index is 12.5. The number of aliphatic hydroxyl groups excluding tert-OH is 1. The molecule has 0 aromatic heterocycles. The first-order valence-electron chi connectivity index (χ1n) is 9.04. The molecular formula is C20H24N2O5. The molecule has 1 amide bonds. The molecule has 0 spiro atoms. The van der Waals surface area contributed by atoms with Crippen LogP contribution in [0.5, 0.6) is 0 Å². The van der Waals surface area contributed by atoms with E-state index in [1.54, 1.807) is 24.3 Å². The van der Waals surface area contributed by atoms with Crippen LogP contribution < -0.4 is 10.6 Å². The van der Waals surface area contributed by atoms with Gasteiger partial charge in [-0.2, -0.15) is 0 Å². The Bertz CT molecular complexity index is 731. The maximum absolute atomic E-state index is 12.5. The van der Waals surface area contributed by atoms with Crippen LogP contribution in [0.2, 0.25) is 0 Å². The Morgan fingerprint density at radius 2 is 2.19 bits per heavy atom. The standard InChI is InChI=1S/C20H24N2O5/c1-26-20(25)18(17-12-27-9-8-21-17)22-19(24)14-5-2-13(3-6-14)4-7-15-10-16(15)11-23/h2-3,5-6,15-18,21,23H,8-12H2,1H3,(H,22,24). The van der Waals surface area contributed by atoms with Crippen LogP contribution in [0.25, 0.3) is 0 Å². The van der Waals surface area contributed by atoms with Gasteiger partial charge in [-0.05, 0) is 36.6 Å². The molecule has 7 nitrogen and oxygen atoms in total. The number of nitrogens with one attached hydrogen (secondary N) is 2. The van der Waals surface area contributed by atoms with Crippen molar-refractivity contribution in [1.82, 2.24) is 10.6 Å². The predicted octanol–water partition coefficient (Wildman–Crippen LogP) is -0.0737. The number of benzene rings is 1. The van der Waals surface area contributed by atoms with E-state index in [0.29, 0.717) is 31.2 Å². The summed E-state index contributed by atoms with van der Waals surface area (Å²) in [6, 6.07) is 5.73. The fourth-order valence-electron chi connectivity index (χ4n) is 2.98. The molecule has 1 aliphatic carbocycles. The number of aliphatic hydroxyl groups is 1. The van der Waals surface area contributed by atoms with Crippen molar-refractivity contribution < 1.29 is 24.2 Å². The van der Waals surface area contributed by atoms with Crippen molar-refractivity contribution in [3.8, 4) is 11.8 Å². The third kappa shape index (κ3) is 5.07. The largest absolute Gasteiger partial charge is 0.467 e. The van der Waals surface area contributed by atoms with Gasteiger partial charge in [-0.3, -0.25) is 4.79 Å². The fraction of sp³-hybridized carbons (Fsp3) is 0.500. The molecule has 1 aliphatic heterocycles. The third-order valence-corrected chi connectivity index (χ3v) is 4.80. The Hall–Kier alpha value is -2.40. The lowest BCUT2D eigenvalue weighted by Crippen LogP contribution is -2.59. The summed E-state index contributed by atoms with van der Waals surface area (Å²) in [6.07, 6.45) is 0.942. The van der Waals surface area contributed by atoms with Crippen LogP contribution in [0.1, 0.15) is 22.3 Å². The van der Waals surface area contributed by atoms with Crippen molar-refractivity contribution in [2.75, 3.05) is 33.5 Å². The zero-order valence-electron chi connectivity index (χ0n) is 15.2. The number of methoxy groups -OCH3 is 1. The van der Waals surface area contributed by atoms with E-state index in [-0.39, 0.29) is 24.5 Å². The second-order valence-corrected chi connectivity index (χ2v) is 6.74. The van der Waals surface area contributed by atoms with E-state index in [2.05, 4.69) is 22.5 Å². The summed E-state index contributed by atoms with van der Waals surface area (Å²) >= 11 is 0. The quantitative estimate of drug-likeness (QED) is 0.494. The number of hydrogen-bond acceptors (Lipinski definition) is 6. The highest BCUT2D eigenvalue weighted by Crippen LogP contribution is 2.36. The summed E-state index contributed by atoms with van der Waals surface area (Å²) in [4.78, 5) is 24.6. The van der Waals surface area contributed by atoms with Crippen LogP contribution in [0, 0.1) is 23.7 Å². The molecule has 27 heavy (non-hydrogen) atoms. The number of ether oxygens (including phenoxy) is 2. The Kier molecular flexibility index (Phi) is 6.45. The first-order chi connectivity index (χ1) is 13.1. The molecule has 1 heterocycles. The van der Waals surface area contributed by atoms with Gasteiger partial charge in [0.25, 0.3) is 5.91 Å². The van der Waals surface area contributed by atoms with Gasteiger partial charge >= 0.3 is 5.97 Å². The molecule has 0 bridgehead atoms. The number of esters is 1. The number of carbonyl (C=O) groups is 2. The summed E-state index contributed by atoms with van der Waals surface area (Å²) < 4.78 is 10.2. The topological polar surface area (TPSA) is 96.9 Å². The summed E-state index contributed by atoms with van der Waals surface area (Å²) in [5.74, 6) is 5.88. The molecule has 4 atom stereocenters. The van der Waals surface area contributed by atoms with Crippen LogP contribution in [-0.2, 0) is 14.3 Å². The van der Waals surface area contributed by atoms with Gasteiger partial charge in [-0.15, -0.1) is 0 Å². The van der Waals surface area contributed by atoms with Crippen molar-refractivity contribution >= 4 is 11.9 Å². The van der Waals surface area contributed by atoms with Crippen LogP contribution >= 0.6 is 0 Å². The van der Waals surface area contributed by atoms with E-state index in [9.17, 15) is 9.59 Å². The van der Waals surface area contributed by atoms with E-state index in [4.69, 9.17) is 14.6 Å². The van der Waals surface area contributed by atoms with E-state index in [1.807, 2.05) is 0 Å². The van der Waals surface area contributed by atoms with Gasteiger partial charge in [0.15, 0.2) is 0 Å². The molecule has 2 aliphatic rings. The van der Waals surface area contributed by atoms with Crippen molar-refractivity contribution in [3.63, 3.8) is 0 Å². The molecule has 3 rings (SSSR count). The molecule has 4 unspecified atom stereocenters. The Morgan fingerprint density at radius 1 is 1.41 bits per heavy atom. The monoisotopic (exact) mass is 372 g/mol. The van der Waals surface area contributed by atoms with Crippen molar-refractivity contribution in [1.29, 1.82) is 0 Å². The number of rotatable bonds is 5. The van der Waals surface area contributed by atoms with Gasteiger partial charge in [0.1, 0.15) is 6.04 Å². The minimum absolute atomic E-state index is 0.181. The van der Waals surface area contributed by atoms with Crippen LogP contribution in [0.15, 0.2) is 24.3 Å². The van der Waals surface area contributed by atoms with Gasteiger partial charge in [0, 0.05) is 30.2 Å². The van der Waals surface area contributed by atoms with Gasteiger partial charge in [0.05, 0.1) is 26.4 Å². The fourth-order valence-corrected chi connectivity index (χ4v) is 2.98. The molecule has 0 radical (unpaired) electrons. The highest BCUT2D eigenvalue weighted by Gasteiger charge is 2.34. The van der Waals surface area contributed by atoms with E-state index in [0.717, 1.165) is 12.0 Å². The second-order valence-electron chi connectivity index (χ2n) is 6.74. The molecular weight excluding hydrogens is 348 g/mol. The lowest BCUT2D eigenvalue weighted by atomic mass is 10.1. The summed E-state index contributed by atoms with van der Waals surface area (Å²) in [7, 11) is 1.29. The Labute approximate surface area is 158 Å². The first kappa shape index (κ1) is 19.4. The minimum Gasteiger partial charge on any atom is -0.467 e. The molecule has 1 saturated heterocycles. The summed E-state index contributed by atoms with van der Waals surface area (Å²) in [5.41, 5.74) is 1.24. The average Bonchev–Trinajstić information content (AvgIpc) is 3.49. The van der Waals surface area contributed by atoms with Crippen LogP contribution in [-0.4, -0.2) is 62.5 Å². The van der Waals surface area contributed by atoms with Gasteiger partial charge in [-0.25, -0.2) is 4.79 Å². The van der Waals surface area contributed by atoms with Crippen LogP contribution in [0.3, 0.4) is 0 Å². The van der Waals surface area contributed by atoms with Gasteiger partial charge in [-0.1, -0.05) is 11.8 Å². The van der Waals surface area contributed by atoms with E-state index < -0.39 is 12.0 Å². The third-order valence-electron chi connectivity index (χ3n) is 4.80. The average molecular weight is 372 g/mol. The predicted molar refractivity (Wildman–Crippen MR) is 97.9 cm³/mol. The maximum Gasteiger partial charge on any atom is 0.330 e. The zero-order valence-corrected chi connectivity index (χ0v) is 15.2.